The highest BCUT2D eigenvalue weighted by Gasteiger charge is 2.19. The molecule has 0 aliphatic carbocycles. The molecule has 1 saturated heterocycles. The Bertz CT molecular complexity index is 261. The highest BCUT2D eigenvalue weighted by Crippen LogP contribution is 2.05. The fraction of sp³-hybridized carbons (Fsp3) is 0.917. The molecule has 6 heteroatoms. The van der Waals surface area contributed by atoms with E-state index in [-0.39, 0.29) is 5.92 Å². The van der Waals surface area contributed by atoms with Gasteiger partial charge >= 0.3 is 0 Å². The molecule has 0 aromatic heterocycles. The van der Waals surface area contributed by atoms with Crippen molar-refractivity contribution in [1.82, 2.24) is 14.7 Å². The zero-order chi connectivity index (χ0) is 13.5. The van der Waals surface area contributed by atoms with E-state index in [0.717, 1.165) is 45.8 Å². The lowest BCUT2D eigenvalue weighted by Crippen LogP contribution is -2.49. The Labute approximate surface area is 110 Å². The zero-order valence-electron chi connectivity index (χ0n) is 11.8. The molecule has 3 N–H and O–H groups in total. The van der Waals surface area contributed by atoms with E-state index in [1.165, 1.54) is 0 Å². The summed E-state index contributed by atoms with van der Waals surface area (Å²) >= 11 is 0. The van der Waals surface area contributed by atoms with Gasteiger partial charge in [-0.15, -0.1) is 0 Å². The fourth-order valence-corrected chi connectivity index (χ4v) is 2.12. The minimum Gasteiger partial charge on any atom is -0.409 e. The van der Waals surface area contributed by atoms with E-state index < -0.39 is 0 Å². The van der Waals surface area contributed by atoms with Crippen LogP contribution < -0.4 is 5.73 Å². The number of amidine groups is 1. The molecule has 0 amide bonds. The van der Waals surface area contributed by atoms with Crippen molar-refractivity contribution in [1.29, 1.82) is 0 Å². The van der Waals surface area contributed by atoms with Crippen LogP contribution in [-0.4, -0.2) is 85.7 Å². The molecule has 1 atom stereocenters. The summed E-state index contributed by atoms with van der Waals surface area (Å²) in [5.74, 6) is 0.438. The highest BCUT2D eigenvalue weighted by molar-refractivity contribution is 5.82. The zero-order valence-corrected chi connectivity index (χ0v) is 11.8. The first-order chi connectivity index (χ1) is 8.52. The van der Waals surface area contributed by atoms with Crippen molar-refractivity contribution in [2.75, 3.05) is 59.9 Å². The maximum atomic E-state index is 8.63. The summed E-state index contributed by atoms with van der Waals surface area (Å²) in [7, 11) is 4.21. The molecule has 1 rings (SSSR count). The van der Waals surface area contributed by atoms with Crippen molar-refractivity contribution in [3.05, 3.63) is 0 Å². The number of nitrogens with zero attached hydrogens (tertiary/aromatic N) is 4. The van der Waals surface area contributed by atoms with Gasteiger partial charge in [0, 0.05) is 51.7 Å². The standard InChI is InChI=1S/C12H27N5O/c1-11(12(13)14-18)10-17-8-6-16(7-9-17)5-4-15(2)3/h11,18H,4-10H2,1-3H3,(H2,13,14). The lowest BCUT2D eigenvalue weighted by Gasteiger charge is -2.36. The van der Waals surface area contributed by atoms with Crippen molar-refractivity contribution in [2.24, 2.45) is 16.8 Å². The van der Waals surface area contributed by atoms with Crippen molar-refractivity contribution in [3.63, 3.8) is 0 Å². The summed E-state index contributed by atoms with van der Waals surface area (Å²) in [5, 5.41) is 11.7. The first-order valence-corrected chi connectivity index (χ1v) is 6.59. The van der Waals surface area contributed by atoms with Crippen LogP contribution >= 0.6 is 0 Å². The minimum atomic E-state index is 0.114. The smallest absolute Gasteiger partial charge is 0.143 e. The Balaban J connectivity index is 2.23. The third kappa shape index (κ3) is 5.20. The van der Waals surface area contributed by atoms with E-state index in [9.17, 15) is 0 Å². The van der Waals surface area contributed by atoms with Gasteiger partial charge in [-0.2, -0.15) is 0 Å². The first-order valence-electron chi connectivity index (χ1n) is 6.59. The summed E-state index contributed by atoms with van der Waals surface area (Å²) in [5.41, 5.74) is 5.60. The van der Waals surface area contributed by atoms with Gasteiger partial charge in [-0.05, 0) is 14.1 Å². The van der Waals surface area contributed by atoms with Crippen LogP contribution in [0.2, 0.25) is 0 Å². The minimum absolute atomic E-state index is 0.114. The summed E-state index contributed by atoms with van der Waals surface area (Å²) < 4.78 is 0. The molecule has 0 aromatic rings. The van der Waals surface area contributed by atoms with Gasteiger partial charge in [0.1, 0.15) is 5.84 Å². The second-order valence-corrected chi connectivity index (χ2v) is 5.37. The van der Waals surface area contributed by atoms with Crippen LogP contribution in [0.5, 0.6) is 0 Å². The Kier molecular flexibility index (Phi) is 6.38. The normalized spacial score (nSPS) is 21.4. The Morgan fingerprint density at radius 3 is 2.33 bits per heavy atom. The van der Waals surface area contributed by atoms with Crippen LogP contribution in [0, 0.1) is 5.92 Å². The molecule has 1 aliphatic heterocycles. The highest BCUT2D eigenvalue weighted by atomic mass is 16.4. The van der Waals surface area contributed by atoms with Crippen LogP contribution in [-0.2, 0) is 0 Å². The van der Waals surface area contributed by atoms with Gasteiger partial charge < -0.3 is 20.7 Å². The average molecular weight is 257 g/mol. The van der Waals surface area contributed by atoms with E-state index >= 15 is 0 Å². The topological polar surface area (TPSA) is 68.3 Å². The van der Waals surface area contributed by atoms with E-state index in [0.29, 0.717) is 5.84 Å². The lowest BCUT2D eigenvalue weighted by molar-refractivity contribution is 0.120. The molecule has 6 nitrogen and oxygen atoms in total. The quantitative estimate of drug-likeness (QED) is 0.292. The molecule has 1 heterocycles. The number of rotatable bonds is 6. The predicted octanol–water partition coefficient (Wildman–Crippen LogP) is -0.452. The molecule has 0 aromatic carbocycles. The summed E-state index contributed by atoms with van der Waals surface area (Å²) in [6.45, 7) is 9.46. The van der Waals surface area contributed by atoms with Crippen molar-refractivity contribution in [2.45, 2.75) is 6.92 Å². The summed E-state index contributed by atoms with van der Waals surface area (Å²) in [6.07, 6.45) is 0. The van der Waals surface area contributed by atoms with Gasteiger partial charge in [0.15, 0.2) is 0 Å². The van der Waals surface area contributed by atoms with Crippen LogP contribution in [0.4, 0.5) is 0 Å². The van der Waals surface area contributed by atoms with E-state index in [4.69, 9.17) is 10.9 Å². The molecule has 1 aliphatic rings. The van der Waals surface area contributed by atoms with Crippen LogP contribution in [0.3, 0.4) is 0 Å². The number of hydrogen-bond acceptors (Lipinski definition) is 5. The van der Waals surface area contributed by atoms with Crippen molar-refractivity contribution < 1.29 is 5.21 Å². The molecule has 0 spiro atoms. The number of piperazine rings is 1. The van der Waals surface area contributed by atoms with Crippen LogP contribution in [0.1, 0.15) is 6.92 Å². The van der Waals surface area contributed by atoms with Gasteiger partial charge in [0.25, 0.3) is 0 Å². The number of hydrogen-bond donors (Lipinski definition) is 2. The molecule has 106 valence electrons. The summed E-state index contributed by atoms with van der Waals surface area (Å²) in [4.78, 5) is 7.09. The predicted molar refractivity (Wildman–Crippen MR) is 74.0 cm³/mol. The maximum absolute atomic E-state index is 8.63. The molecule has 1 unspecified atom stereocenters. The third-order valence-corrected chi connectivity index (χ3v) is 3.48. The maximum Gasteiger partial charge on any atom is 0.143 e. The number of nitrogens with two attached hydrogens (primary N) is 1. The molecular formula is C12H27N5O. The fourth-order valence-electron chi connectivity index (χ4n) is 2.12. The number of likely N-dealkylation sites (N-methyl/N-ethyl adjacent to an activating group) is 1. The Morgan fingerprint density at radius 1 is 1.28 bits per heavy atom. The van der Waals surface area contributed by atoms with Crippen LogP contribution in [0.25, 0.3) is 0 Å². The SMILES string of the molecule is CC(CN1CCN(CCN(C)C)CC1)/C(N)=N/O. The van der Waals surface area contributed by atoms with E-state index in [1.54, 1.807) is 0 Å². The van der Waals surface area contributed by atoms with Gasteiger partial charge in [-0.25, -0.2) is 0 Å². The second-order valence-electron chi connectivity index (χ2n) is 5.37. The van der Waals surface area contributed by atoms with E-state index in [1.807, 2.05) is 6.92 Å². The van der Waals surface area contributed by atoms with Crippen molar-refractivity contribution in [3.8, 4) is 0 Å². The van der Waals surface area contributed by atoms with E-state index in [2.05, 4.69) is 34.0 Å². The van der Waals surface area contributed by atoms with Gasteiger partial charge in [-0.3, -0.25) is 4.90 Å². The molecule has 0 saturated carbocycles. The van der Waals surface area contributed by atoms with Gasteiger partial charge in [0.2, 0.25) is 0 Å². The molecule has 18 heavy (non-hydrogen) atoms. The number of oxime groups is 1. The van der Waals surface area contributed by atoms with Gasteiger partial charge in [-0.1, -0.05) is 12.1 Å². The van der Waals surface area contributed by atoms with Crippen LogP contribution in [0.15, 0.2) is 5.16 Å². The van der Waals surface area contributed by atoms with Crippen molar-refractivity contribution >= 4 is 5.84 Å². The second kappa shape index (κ2) is 7.56. The van der Waals surface area contributed by atoms with Gasteiger partial charge in [0.05, 0.1) is 0 Å². The molecule has 1 fully saturated rings. The molecule has 0 bridgehead atoms. The average Bonchev–Trinajstić information content (AvgIpc) is 2.36. The lowest BCUT2D eigenvalue weighted by atomic mass is 10.1. The Morgan fingerprint density at radius 2 is 1.83 bits per heavy atom. The first kappa shape index (κ1) is 15.2. The third-order valence-electron chi connectivity index (χ3n) is 3.48. The summed E-state index contributed by atoms with van der Waals surface area (Å²) in [6, 6.07) is 0. The molecular weight excluding hydrogens is 230 g/mol. The Hall–Kier alpha value is -0.850. The largest absolute Gasteiger partial charge is 0.409 e. The molecule has 0 radical (unpaired) electrons. The monoisotopic (exact) mass is 257 g/mol.